The second kappa shape index (κ2) is 9.32. The number of amides is 1. The van der Waals surface area contributed by atoms with Gasteiger partial charge in [0.2, 0.25) is 0 Å². The van der Waals surface area contributed by atoms with Gasteiger partial charge in [0.05, 0.1) is 23.0 Å². The lowest BCUT2D eigenvalue weighted by atomic mass is 10.1. The zero-order valence-electron chi connectivity index (χ0n) is 17.9. The number of hydrogen-bond acceptors (Lipinski definition) is 3. The Balaban J connectivity index is 1.67. The number of hydrogen-bond donors (Lipinski definition) is 2. The Hall–Kier alpha value is -3.62. The van der Waals surface area contributed by atoms with E-state index in [9.17, 15) is 23.1 Å². The van der Waals surface area contributed by atoms with Crippen molar-refractivity contribution in [1.82, 2.24) is 9.78 Å². The topological polar surface area (TPSA) is 67.2 Å². The summed E-state index contributed by atoms with van der Waals surface area (Å²) < 4.78 is 41.3. The molecule has 0 atom stereocenters. The monoisotopic (exact) mass is 485 g/mol. The van der Waals surface area contributed by atoms with Crippen molar-refractivity contribution in [2.45, 2.75) is 19.7 Å². The van der Waals surface area contributed by atoms with Gasteiger partial charge in [-0.1, -0.05) is 53.6 Å². The molecule has 0 aliphatic heterocycles. The molecule has 0 aliphatic carbocycles. The molecule has 1 aromatic heterocycles. The van der Waals surface area contributed by atoms with Crippen LogP contribution in [0.4, 0.5) is 18.9 Å². The molecule has 0 saturated carbocycles. The summed E-state index contributed by atoms with van der Waals surface area (Å²) >= 11 is 6.21. The van der Waals surface area contributed by atoms with E-state index in [1.54, 1.807) is 48.5 Å². The molecule has 0 bridgehead atoms. The van der Waals surface area contributed by atoms with Crippen molar-refractivity contribution in [3.05, 3.63) is 100 Å². The summed E-state index contributed by atoms with van der Waals surface area (Å²) in [5, 5.41) is 16.3. The molecule has 1 amide bonds. The molecule has 4 rings (SSSR count). The molecule has 0 spiro atoms. The molecular weight excluding hydrogens is 467 g/mol. The van der Waals surface area contributed by atoms with E-state index in [0.29, 0.717) is 28.1 Å². The number of para-hydroxylation sites is 1. The van der Waals surface area contributed by atoms with Crippen molar-refractivity contribution in [3.8, 4) is 16.9 Å². The standard InChI is InChI=1S/C25H19ClF3N3O2/c1-15-6-11-20(18(12-15)14-33)30-24(34)17-9-7-16(8-10-17)22-13-23(25(27,28)29)31-32(22)21-5-3-2-4-19(21)26/h2-13,33H,14H2,1H3,(H,30,34). The van der Waals surface area contributed by atoms with Crippen LogP contribution < -0.4 is 5.32 Å². The average Bonchev–Trinajstić information content (AvgIpc) is 3.26. The van der Waals surface area contributed by atoms with E-state index >= 15 is 0 Å². The number of carbonyl (C=O) groups is 1. The summed E-state index contributed by atoms with van der Waals surface area (Å²) in [7, 11) is 0. The zero-order valence-corrected chi connectivity index (χ0v) is 18.7. The highest BCUT2D eigenvalue weighted by Gasteiger charge is 2.35. The fraction of sp³-hybridized carbons (Fsp3) is 0.120. The summed E-state index contributed by atoms with van der Waals surface area (Å²) in [4.78, 5) is 12.7. The molecule has 3 aromatic carbocycles. The fourth-order valence-electron chi connectivity index (χ4n) is 3.49. The number of aliphatic hydroxyl groups excluding tert-OH is 1. The van der Waals surface area contributed by atoms with Crippen LogP contribution in [0.2, 0.25) is 5.02 Å². The van der Waals surface area contributed by atoms with Gasteiger partial charge >= 0.3 is 6.18 Å². The van der Waals surface area contributed by atoms with Gasteiger partial charge in [0, 0.05) is 22.4 Å². The predicted octanol–water partition coefficient (Wildman–Crippen LogP) is 6.26. The van der Waals surface area contributed by atoms with Crippen molar-refractivity contribution in [1.29, 1.82) is 0 Å². The third-order valence-electron chi connectivity index (χ3n) is 5.20. The lowest BCUT2D eigenvalue weighted by Crippen LogP contribution is -2.13. The molecule has 0 unspecified atom stereocenters. The number of anilines is 1. The van der Waals surface area contributed by atoms with Crippen LogP contribution in [-0.2, 0) is 12.8 Å². The first-order valence-corrected chi connectivity index (χ1v) is 10.6. The number of carbonyl (C=O) groups excluding carboxylic acids is 1. The quantitative estimate of drug-likeness (QED) is 0.350. The van der Waals surface area contributed by atoms with Crippen molar-refractivity contribution in [2.75, 3.05) is 5.32 Å². The molecule has 34 heavy (non-hydrogen) atoms. The molecule has 5 nitrogen and oxygen atoms in total. The highest BCUT2D eigenvalue weighted by atomic mass is 35.5. The minimum Gasteiger partial charge on any atom is -0.392 e. The maximum Gasteiger partial charge on any atom is 0.435 e. The lowest BCUT2D eigenvalue weighted by Gasteiger charge is -2.12. The number of aromatic nitrogens is 2. The second-order valence-corrected chi connectivity index (χ2v) is 8.03. The largest absolute Gasteiger partial charge is 0.435 e. The number of halogens is 4. The Morgan fingerprint density at radius 2 is 1.76 bits per heavy atom. The van der Waals surface area contributed by atoms with E-state index in [-0.39, 0.29) is 17.3 Å². The van der Waals surface area contributed by atoms with Crippen LogP contribution in [0, 0.1) is 6.92 Å². The van der Waals surface area contributed by atoms with Crippen molar-refractivity contribution < 1.29 is 23.1 Å². The zero-order chi connectivity index (χ0) is 24.5. The smallest absolute Gasteiger partial charge is 0.392 e. The van der Waals surface area contributed by atoms with Gasteiger partial charge in [-0.2, -0.15) is 18.3 Å². The Morgan fingerprint density at radius 3 is 2.41 bits per heavy atom. The molecule has 9 heteroatoms. The van der Waals surface area contributed by atoms with Crippen LogP contribution in [0.1, 0.15) is 27.2 Å². The number of aliphatic hydroxyl groups is 1. The number of nitrogens with one attached hydrogen (secondary N) is 1. The van der Waals surface area contributed by atoms with Crippen molar-refractivity contribution in [3.63, 3.8) is 0 Å². The molecule has 4 aromatic rings. The predicted molar refractivity (Wildman–Crippen MR) is 124 cm³/mol. The SMILES string of the molecule is Cc1ccc(NC(=O)c2ccc(-c3cc(C(F)(F)F)nn3-c3ccccc3Cl)cc2)c(CO)c1. The van der Waals surface area contributed by atoms with Gasteiger partial charge in [0.25, 0.3) is 5.91 Å². The molecule has 2 N–H and O–H groups in total. The van der Waals surface area contributed by atoms with E-state index in [1.165, 1.54) is 12.1 Å². The first-order valence-electron chi connectivity index (χ1n) is 10.2. The average molecular weight is 486 g/mol. The van der Waals surface area contributed by atoms with Crippen molar-refractivity contribution >= 4 is 23.2 Å². The minimum absolute atomic E-state index is 0.175. The van der Waals surface area contributed by atoms with Gasteiger partial charge in [0.1, 0.15) is 0 Å². The van der Waals surface area contributed by atoms with Gasteiger partial charge < -0.3 is 10.4 Å². The van der Waals surface area contributed by atoms with Crippen LogP contribution in [0.25, 0.3) is 16.9 Å². The van der Waals surface area contributed by atoms with Crippen LogP contribution in [-0.4, -0.2) is 20.8 Å². The molecule has 174 valence electrons. The van der Waals surface area contributed by atoms with Crippen LogP contribution in [0.5, 0.6) is 0 Å². The van der Waals surface area contributed by atoms with Crippen molar-refractivity contribution in [2.24, 2.45) is 0 Å². The van der Waals surface area contributed by atoms with Gasteiger partial charge in [0.15, 0.2) is 5.69 Å². The van der Waals surface area contributed by atoms with E-state index in [2.05, 4.69) is 10.4 Å². The van der Waals surface area contributed by atoms with Gasteiger partial charge in [-0.3, -0.25) is 4.79 Å². The van der Waals surface area contributed by atoms with Gasteiger partial charge in [-0.15, -0.1) is 0 Å². The number of rotatable bonds is 5. The first kappa shape index (κ1) is 23.5. The normalized spacial score (nSPS) is 11.5. The highest BCUT2D eigenvalue weighted by Crippen LogP contribution is 2.34. The molecular formula is C25H19ClF3N3O2. The van der Waals surface area contributed by atoms with E-state index in [4.69, 9.17) is 11.6 Å². The van der Waals surface area contributed by atoms with Gasteiger partial charge in [-0.25, -0.2) is 4.68 Å². The first-order chi connectivity index (χ1) is 16.2. The summed E-state index contributed by atoms with van der Waals surface area (Å²) in [6.07, 6.45) is -4.64. The molecule has 0 radical (unpaired) electrons. The Kier molecular flexibility index (Phi) is 6.45. The Morgan fingerprint density at radius 1 is 1.06 bits per heavy atom. The molecule has 0 fully saturated rings. The highest BCUT2D eigenvalue weighted by molar-refractivity contribution is 6.32. The molecule has 1 heterocycles. The number of alkyl halides is 3. The summed E-state index contributed by atoms with van der Waals surface area (Å²) in [5.41, 5.74) is 2.14. The second-order valence-electron chi connectivity index (χ2n) is 7.63. The van der Waals surface area contributed by atoms with Crippen LogP contribution >= 0.6 is 11.6 Å². The lowest BCUT2D eigenvalue weighted by molar-refractivity contribution is -0.141. The summed E-state index contributed by atoms with van der Waals surface area (Å²) in [6, 6.07) is 18.8. The minimum atomic E-state index is -4.64. The van der Waals surface area contributed by atoms with Crippen LogP contribution in [0.3, 0.4) is 0 Å². The summed E-state index contributed by atoms with van der Waals surface area (Å²) in [6.45, 7) is 1.64. The van der Waals surface area contributed by atoms with Gasteiger partial charge in [-0.05, 0) is 43.3 Å². The maximum absolute atomic E-state index is 13.4. The Labute approximate surface area is 198 Å². The fourth-order valence-corrected chi connectivity index (χ4v) is 3.71. The van der Waals surface area contributed by atoms with Crippen LogP contribution in [0.15, 0.2) is 72.8 Å². The number of benzene rings is 3. The summed E-state index contributed by atoms with van der Waals surface area (Å²) in [5.74, 6) is -0.416. The van der Waals surface area contributed by atoms with E-state index < -0.39 is 17.8 Å². The Bertz CT molecular complexity index is 1350. The molecule has 0 saturated heterocycles. The number of nitrogens with zero attached hydrogens (tertiary/aromatic N) is 2. The molecule has 0 aliphatic rings. The third-order valence-corrected chi connectivity index (χ3v) is 5.52. The van der Waals surface area contributed by atoms with E-state index in [0.717, 1.165) is 16.3 Å². The maximum atomic E-state index is 13.4. The van der Waals surface area contributed by atoms with E-state index in [1.807, 2.05) is 13.0 Å². The number of aryl methyl sites for hydroxylation is 1. The third kappa shape index (κ3) is 4.83.